The van der Waals surface area contributed by atoms with Crippen molar-refractivity contribution in [3.63, 3.8) is 0 Å². The Kier molecular flexibility index (Phi) is 3.14. The Hall–Kier alpha value is -2.37. The van der Waals surface area contributed by atoms with Gasteiger partial charge < -0.3 is 10.3 Å². The van der Waals surface area contributed by atoms with Crippen LogP contribution in [0.5, 0.6) is 0 Å². The molecule has 0 amide bonds. The van der Waals surface area contributed by atoms with E-state index in [1.54, 1.807) is 4.68 Å². The molecule has 0 aliphatic heterocycles. The van der Waals surface area contributed by atoms with E-state index < -0.39 is 0 Å². The number of nitrogens with one attached hydrogen (secondary N) is 2. The number of fused-ring (bicyclic) bond motifs is 1. The first-order chi connectivity index (χ1) is 9.38. The minimum atomic E-state index is 0.724. The molecule has 3 rings (SSSR count). The summed E-state index contributed by atoms with van der Waals surface area (Å²) in [5.41, 5.74) is 2.48. The smallest absolute Gasteiger partial charge is 0.242 e. The quantitative estimate of drug-likeness (QED) is 0.730. The van der Waals surface area contributed by atoms with Crippen LogP contribution < -0.4 is 5.32 Å². The molecule has 0 unspecified atom stereocenters. The lowest BCUT2D eigenvalue weighted by molar-refractivity contribution is 0.629. The van der Waals surface area contributed by atoms with E-state index >= 15 is 0 Å². The summed E-state index contributed by atoms with van der Waals surface area (Å²) in [5.74, 6) is 0.724. The fraction of sp³-hybridized carbons (Fsp3) is 0.308. The highest BCUT2D eigenvalue weighted by molar-refractivity contribution is 5.83. The number of anilines is 1. The van der Waals surface area contributed by atoms with Gasteiger partial charge >= 0.3 is 0 Å². The number of tetrazole rings is 1. The van der Waals surface area contributed by atoms with E-state index in [0.29, 0.717) is 0 Å². The number of hydrogen-bond donors (Lipinski definition) is 2. The van der Waals surface area contributed by atoms with Crippen LogP contribution in [0.1, 0.15) is 12.5 Å². The molecule has 19 heavy (non-hydrogen) atoms. The third-order valence-corrected chi connectivity index (χ3v) is 3.18. The van der Waals surface area contributed by atoms with Gasteiger partial charge in [0.1, 0.15) is 0 Å². The zero-order valence-corrected chi connectivity index (χ0v) is 10.8. The van der Waals surface area contributed by atoms with E-state index in [-0.39, 0.29) is 0 Å². The number of nitrogens with zero attached hydrogens (tertiary/aromatic N) is 4. The van der Waals surface area contributed by atoms with Crippen LogP contribution in [-0.4, -0.2) is 31.7 Å². The molecule has 1 aromatic carbocycles. The maximum Gasteiger partial charge on any atom is 0.242 e. The highest BCUT2D eigenvalue weighted by Crippen LogP contribution is 2.17. The predicted octanol–water partition coefficient (Wildman–Crippen LogP) is 1.83. The van der Waals surface area contributed by atoms with Crippen molar-refractivity contribution in [2.75, 3.05) is 11.9 Å². The summed E-state index contributed by atoms with van der Waals surface area (Å²) in [6.07, 6.45) is 3.00. The van der Waals surface area contributed by atoms with Gasteiger partial charge in [0.15, 0.2) is 0 Å². The Morgan fingerprint density at radius 2 is 2.21 bits per heavy atom. The summed E-state index contributed by atoms with van der Waals surface area (Å²) in [7, 11) is 0. The minimum absolute atomic E-state index is 0.724. The SMILES string of the molecule is CCn1nnnc1NCCc1c[nH]c2ccccc12. The highest BCUT2D eigenvalue weighted by atomic mass is 15.6. The largest absolute Gasteiger partial charge is 0.361 e. The monoisotopic (exact) mass is 256 g/mol. The number of H-pyrrole nitrogens is 1. The van der Waals surface area contributed by atoms with Crippen molar-refractivity contribution in [2.45, 2.75) is 19.9 Å². The first kappa shape index (κ1) is 11.7. The summed E-state index contributed by atoms with van der Waals surface area (Å²) < 4.78 is 1.75. The molecule has 0 aliphatic rings. The first-order valence-corrected chi connectivity index (χ1v) is 6.43. The molecule has 0 fully saturated rings. The summed E-state index contributed by atoms with van der Waals surface area (Å²) in [6.45, 7) is 3.59. The van der Waals surface area contributed by atoms with Gasteiger partial charge in [-0.1, -0.05) is 23.3 Å². The Balaban J connectivity index is 1.67. The Morgan fingerprint density at radius 1 is 1.32 bits per heavy atom. The number of aryl methyl sites for hydroxylation is 1. The Bertz CT molecular complexity index is 668. The molecule has 2 N–H and O–H groups in total. The molecular formula is C13H16N6. The van der Waals surface area contributed by atoms with Crippen LogP contribution in [0, 0.1) is 0 Å². The van der Waals surface area contributed by atoms with Crippen molar-refractivity contribution in [3.8, 4) is 0 Å². The van der Waals surface area contributed by atoms with Gasteiger partial charge in [-0.3, -0.25) is 0 Å². The molecule has 0 saturated carbocycles. The number of aromatic nitrogens is 5. The number of aromatic amines is 1. The van der Waals surface area contributed by atoms with Crippen molar-refractivity contribution < 1.29 is 0 Å². The number of para-hydroxylation sites is 1. The Morgan fingerprint density at radius 3 is 3.11 bits per heavy atom. The second-order valence-corrected chi connectivity index (χ2v) is 4.35. The molecule has 0 spiro atoms. The van der Waals surface area contributed by atoms with Gasteiger partial charge in [-0.2, -0.15) is 0 Å². The molecule has 0 bridgehead atoms. The minimum Gasteiger partial charge on any atom is -0.361 e. The fourth-order valence-electron chi connectivity index (χ4n) is 2.19. The van der Waals surface area contributed by atoms with E-state index in [1.807, 2.05) is 13.0 Å². The number of benzene rings is 1. The predicted molar refractivity (Wildman–Crippen MR) is 74.0 cm³/mol. The maximum atomic E-state index is 3.95. The normalized spacial score (nSPS) is 11.0. The van der Waals surface area contributed by atoms with Gasteiger partial charge in [0.25, 0.3) is 0 Å². The average Bonchev–Trinajstić information content (AvgIpc) is 3.06. The van der Waals surface area contributed by atoms with Gasteiger partial charge in [0, 0.05) is 30.2 Å². The zero-order chi connectivity index (χ0) is 13.1. The molecule has 6 heteroatoms. The number of hydrogen-bond acceptors (Lipinski definition) is 4. The van der Waals surface area contributed by atoms with E-state index in [1.165, 1.54) is 16.5 Å². The molecule has 0 aliphatic carbocycles. The molecule has 2 aromatic heterocycles. The zero-order valence-electron chi connectivity index (χ0n) is 10.8. The standard InChI is InChI=1S/C13H16N6/c1-2-19-13(16-17-18-19)14-8-7-10-9-15-12-6-4-3-5-11(10)12/h3-6,9,15H,2,7-8H2,1H3,(H,14,16,18). The third kappa shape index (κ3) is 2.29. The van der Waals surface area contributed by atoms with E-state index in [4.69, 9.17) is 0 Å². The van der Waals surface area contributed by atoms with E-state index in [9.17, 15) is 0 Å². The van der Waals surface area contributed by atoms with Crippen molar-refractivity contribution in [1.29, 1.82) is 0 Å². The molecule has 98 valence electrons. The van der Waals surface area contributed by atoms with Crippen molar-refractivity contribution in [2.24, 2.45) is 0 Å². The molecular weight excluding hydrogens is 240 g/mol. The van der Waals surface area contributed by atoms with Gasteiger partial charge in [0.05, 0.1) is 0 Å². The van der Waals surface area contributed by atoms with Crippen molar-refractivity contribution in [1.82, 2.24) is 25.2 Å². The average molecular weight is 256 g/mol. The van der Waals surface area contributed by atoms with Gasteiger partial charge in [-0.25, -0.2) is 4.68 Å². The van der Waals surface area contributed by atoms with Crippen molar-refractivity contribution >= 4 is 16.9 Å². The molecule has 2 heterocycles. The molecule has 6 nitrogen and oxygen atoms in total. The van der Waals surface area contributed by atoms with Crippen molar-refractivity contribution in [3.05, 3.63) is 36.0 Å². The molecule has 0 saturated heterocycles. The highest BCUT2D eigenvalue weighted by Gasteiger charge is 2.05. The van der Waals surface area contributed by atoms with Crippen LogP contribution in [-0.2, 0) is 13.0 Å². The lowest BCUT2D eigenvalue weighted by Gasteiger charge is -2.04. The molecule has 0 atom stereocenters. The maximum absolute atomic E-state index is 3.95. The van der Waals surface area contributed by atoms with Gasteiger partial charge in [-0.15, -0.1) is 0 Å². The van der Waals surface area contributed by atoms with Gasteiger partial charge in [-0.05, 0) is 35.4 Å². The van der Waals surface area contributed by atoms with Crippen LogP contribution in [0.15, 0.2) is 30.5 Å². The Labute approximate surface area is 110 Å². The second kappa shape index (κ2) is 5.09. The van der Waals surface area contributed by atoms with Crippen LogP contribution in [0.25, 0.3) is 10.9 Å². The van der Waals surface area contributed by atoms with Crippen LogP contribution in [0.3, 0.4) is 0 Å². The molecule has 0 radical (unpaired) electrons. The summed E-state index contributed by atoms with van der Waals surface area (Å²) in [6, 6.07) is 8.32. The summed E-state index contributed by atoms with van der Waals surface area (Å²) in [5, 5.41) is 16.0. The van der Waals surface area contributed by atoms with Crippen LogP contribution in [0.2, 0.25) is 0 Å². The topological polar surface area (TPSA) is 71.4 Å². The van der Waals surface area contributed by atoms with Crippen LogP contribution >= 0.6 is 0 Å². The fourth-order valence-corrected chi connectivity index (χ4v) is 2.19. The lowest BCUT2D eigenvalue weighted by Crippen LogP contribution is -2.10. The summed E-state index contributed by atoms with van der Waals surface area (Å²) in [4.78, 5) is 3.28. The molecule has 3 aromatic rings. The van der Waals surface area contributed by atoms with Gasteiger partial charge in [0.2, 0.25) is 5.95 Å². The second-order valence-electron chi connectivity index (χ2n) is 4.35. The number of rotatable bonds is 5. The van der Waals surface area contributed by atoms with Crippen LogP contribution in [0.4, 0.5) is 5.95 Å². The lowest BCUT2D eigenvalue weighted by atomic mass is 10.1. The first-order valence-electron chi connectivity index (χ1n) is 6.43. The van der Waals surface area contributed by atoms with E-state index in [2.05, 4.69) is 50.2 Å². The third-order valence-electron chi connectivity index (χ3n) is 3.18. The summed E-state index contributed by atoms with van der Waals surface area (Å²) >= 11 is 0. The van der Waals surface area contributed by atoms with E-state index in [0.717, 1.165) is 25.5 Å².